The van der Waals surface area contributed by atoms with E-state index in [1.54, 1.807) is 18.2 Å². The fourth-order valence-corrected chi connectivity index (χ4v) is 2.88. The van der Waals surface area contributed by atoms with Gasteiger partial charge in [-0.3, -0.25) is 0 Å². The summed E-state index contributed by atoms with van der Waals surface area (Å²) in [4.78, 5) is 2.45. The van der Waals surface area contributed by atoms with Gasteiger partial charge in [0.25, 0.3) is 0 Å². The van der Waals surface area contributed by atoms with Crippen molar-refractivity contribution in [2.24, 2.45) is 0 Å². The van der Waals surface area contributed by atoms with E-state index in [4.69, 9.17) is 5.73 Å². The van der Waals surface area contributed by atoms with Crippen molar-refractivity contribution in [2.75, 3.05) is 30.8 Å². The van der Waals surface area contributed by atoms with E-state index in [2.05, 4.69) is 23.5 Å². The number of hydrogen-bond acceptors (Lipinski definition) is 4. The van der Waals surface area contributed by atoms with Gasteiger partial charge in [0.2, 0.25) is 10.0 Å². The molecule has 0 aliphatic heterocycles. The molecule has 120 valence electrons. The van der Waals surface area contributed by atoms with Crippen molar-refractivity contribution >= 4 is 21.4 Å². The SMILES string of the molecule is CCCCN(CCCC)c1cc(S(=O)(=O)NC)ccc1N. The van der Waals surface area contributed by atoms with Crippen molar-refractivity contribution in [2.45, 2.75) is 44.4 Å². The highest BCUT2D eigenvalue weighted by Gasteiger charge is 2.16. The molecule has 0 unspecified atom stereocenters. The summed E-state index contributed by atoms with van der Waals surface area (Å²) in [5.41, 5.74) is 7.50. The van der Waals surface area contributed by atoms with Crippen LogP contribution in [0.4, 0.5) is 11.4 Å². The lowest BCUT2D eigenvalue weighted by Crippen LogP contribution is -2.27. The van der Waals surface area contributed by atoms with Crippen molar-refractivity contribution in [3.05, 3.63) is 18.2 Å². The van der Waals surface area contributed by atoms with Gasteiger partial charge in [-0.25, -0.2) is 13.1 Å². The quantitative estimate of drug-likeness (QED) is 0.687. The molecule has 0 saturated carbocycles. The fraction of sp³-hybridized carbons (Fsp3) is 0.600. The van der Waals surface area contributed by atoms with Crippen LogP contribution in [0, 0.1) is 0 Å². The number of rotatable bonds is 9. The zero-order chi connectivity index (χ0) is 15.9. The lowest BCUT2D eigenvalue weighted by Gasteiger charge is -2.26. The summed E-state index contributed by atoms with van der Waals surface area (Å²) >= 11 is 0. The summed E-state index contributed by atoms with van der Waals surface area (Å²) in [5.74, 6) is 0. The van der Waals surface area contributed by atoms with Crippen molar-refractivity contribution in [3.8, 4) is 0 Å². The summed E-state index contributed by atoms with van der Waals surface area (Å²) in [6.45, 7) is 6.07. The second kappa shape index (κ2) is 8.24. The second-order valence-corrected chi connectivity index (χ2v) is 7.01. The van der Waals surface area contributed by atoms with E-state index in [0.717, 1.165) is 44.5 Å². The summed E-state index contributed by atoms with van der Waals surface area (Å²) < 4.78 is 26.2. The monoisotopic (exact) mass is 313 g/mol. The molecule has 0 aromatic heterocycles. The van der Waals surface area contributed by atoms with Gasteiger partial charge in [-0.1, -0.05) is 26.7 Å². The Bertz CT molecular complexity index is 536. The molecule has 0 heterocycles. The van der Waals surface area contributed by atoms with Gasteiger partial charge in [0, 0.05) is 13.1 Å². The summed E-state index contributed by atoms with van der Waals surface area (Å²) in [6.07, 6.45) is 4.31. The number of nitrogens with one attached hydrogen (secondary N) is 1. The van der Waals surface area contributed by atoms with Crippen LogP contribution in [0.15, 0.2) is 23.1 Å². The molecule has 0 amide bonds. The zero-order valence-electron chi connectivity index (χ0n) is 13.2. The Hall–Kier alpha value is -1.27. The molecular formula is C15H27N3O2S. The highest BCUT2D eigenvalue weighted by molar-refractivity contribution is 7.89. The average molecular weight is 313 g/mol. The Labute approximate surface area is 128 Å². The van der Waals surface area contributed by atoms with Gasteiger partial charge in [0.05, 0.1) is 16.3 Å². The van der Waals surface area contributed by atoms with Crippen molar-refractivity contribution < 1.29 is 8.42 Å². The molecule has 1 aromatic carbocycles. The maximum Gasteiger partial charge on any atom is 0.240 e. The third kappa shape index (κ3) is 4.89. The van der Waals surface area contributed by atoms with Crippen LogP contribution in [0.3, 0.4) is 0 Å². The molecule has 1 aromatic rings. The van der Waals surface area contributed by atoms with Crippen molar-refractivity contribution in [1.82, 2.24) is 4.72 Å². The summed E-state index contributed by atoms with van der Waals surface area (Å²) in [6, 6.07) is 4.89. The van der Waals surface area contributed by atoms with Gasteiger partial charge < -0.3 is 10.6 Å². The van der Waals surface area contributed by atoms with E-state index in [-0.39, 0.29) is 4.90 Å². The first kappa shape index (κ1) is 17.8. The molecule has 0 aliphatic carbocycles. The number of anilines is 2. The van der Waals surface area contributed by atoms with Crippen LogP contribution in [0.1, 0.15) is 39.5 Å². The summed E-state index contributed by atoms with van der Waals surface area (Å²) in [7, 11) is -2.03. The molecule has 0 saturated heterocycles. The molecule has 0 bridgehead atoms. The zero-order valence-corrected chi connectivity index (χ0v) is 14.0. The molecular weight excluding hydrogens is 286 g/mol. The lowest BCUT2D eigenvalue weighted by molar-refractivity contribution is 0.588. The molecule has 0 radical (unpaired) electrons. The van der Waals surface area contributed by atoms with Gasteiger partial charge in [0.15, 0.2) is 0 Å². The number of hydrogen-bond donors (Lipinski definition) is 2. The van der Waals surface area contributed by atoms with Crippen LogP contribution in [0.5, 0.6) is 0 Å². The standard InChI is InChI=1S/C15H27N3O2S/c1-4-6-10-18(11-7-5-2)15-12-13(8-9-14(15)16)21(19,20)17-3/h8-9,12,17H,4-7,10-11,16H2,1-3H3. The molecule has 1 rings (SSSR count). The van der Waals surface area contributed by atoms with E-state index < -0.39 is 10.0 Å². The van der Waals surface area contributed by atoms with E-state index in [1.165, 1.54) is 7.05 Å². The number of sulfonamides is 1. The Morgan fingerprint density at radius 1 is 1.14 bits per heavy atom. The first-order chi connectivity index (χ1) is 9.96. The van der Waals surface area contributed by atoms with E-state index in [0.29, 0.717) is 5.69 Å². The van der Waals surface area contributed by atoms with Crippen LogP contribution in [0.2, 0.25) is 0 Å². The normalized spacial score (nSPS) is 11.6. The van der Waals surface area contributed by atoms with E-state index >= 15 is 0 Å². The largest absolute Gasteiger partial charge is 0.397 e. The van der Waals surface area contributed by atoms with Crippen LogP contribution >= 0.6 is 0 Å². The fourth-order valence-electron chi connectivity index (χ4n) is 2.13. The molecule has 3 N–H and O–H groups in total. The Morgan fingerprint density at radius 3 is 2.19 bits per heavy atom. The maximum atomic E-state index is 11.9. The smallest absolute Gasteiger partial charge is 0.240 e. The highest BCUT2D eigenvalue weighted by atomic mass is 32.2. The van der Waals surface area contributed by atoms with E-state index in [9.17, 15) is 8.42 Å². The van der Waals surface area contributed by atoms with Gasteiger partial charge in [0.1, 0.15) is 0 Å². The minimum atomic E-state index is -3.44. The highest BCUT2D eigenvalue weighted by Crippen LogP contribution is 2.27. The third-order valence-corrected chi connectivity index (χ3v) is 4.90. The topological polar surface area (TPSA) is 75.4 Å². The van der Waals surface area contributed by atoms with Crippen LogP contribution in [-0.4, -0.2) is 28.6 Å². The number of nitrogens with two attached hydrogens (primary N) is 1. The minimum absolute atomic E-state index is 0.257. The van der Waals surface area contributed by atoms with Crippen LogP contribution in [-0.2, 0) is 10.0 Å². The van der Waals surface area contributed by atoms with Crippen LogP contribution in [0.25, 0.3) is 0 Å². The molecule has 6 heteroatoms. The Kier molecular flexibility index (Phi) is 6.98. The number of unbranched alkanes of at least 4 members (excludes halogenated alkanes) is 2. The second-order valence-electron chi connectivity index (χ2n) is 5.12. The average Bonchev–Trinajstić information content (AvgIpc) is 2.48. The van der Waals surface area contributed by atoms with Gasteiger partial charge in [-0.15, -0.1) is 0 Å². The Balaban J connectivity index is 3.13. The first-order valence-corrected chi connectivity index (χ1v) is 9.02. The lowest BCUT2D eigenvalue weighted by atomic mass is 10.2. The number of benzene rings is 1. The first-order valence-electron chi connectivity index (χ1n) is 7.54. The number of nitrogen functional groups attached to an aromatic ring is 1. The third-order valence-electron chi connectivity index (χ3n) is 3.48. The van der Waals surface area contributed by atoms with Crippen LogP contribution < -0.4 is 15.4 Å². The van der Waals surface area contributed by atoms with Gasteiger partial charge in [-0.05, 0) is 38.1 Å². The molecule has 0 fully saturated rings. The molecule has 0 aliphatic rings. The Morgan fingerprint density at radius 2 is 1.71 bits per heavy atom. The van der Waals surface area contributed by atoms with Gasteiger partial charge >= 0.3 is 0 Å². The molecule has 0 atom stereocenters. The number of nitrogens with zero attached hydrogens (tertiary/aromatic N) is 1. The van der Waals surface area contributed by atoms with E-state index in [1.807, 2.05) is 0 Å². The molecule has 0 spiro atoms. The van der Waals surface area contributed by atoms with Crippen molar-refractivity contribution in [1.29, 1.82) is 0 Å². The minimum Gasteiger partial charge on any atom is -0.397 e. The van der Waals surface area contributed by atoms with Crippen molar-refractivity contribution in [3.63, 3.8) is 0 Å². The predicted octanol–water partition coefficient (Wildman–Crippen LogP) is 2.58. The molecule has 5 nitrogen and oxygen atoms in total. The molecule has 21 heavy (non-hydrogen) atoms. The maximum absolute atomic E-state index is 11.9. The predicted molar refractivity (Wildman–Crippen MR) is 89.1 cm³/mol. The van der Waals surface area contributed by atoms with Gasteiger partial charge in [-0.2, -0.15) is 0 Å². The summed E-state index contributed by atoms with van der Waals surface area (Å²) in [5, 5.41) is 0.